The van der Waals surface area contributed by atoms with E-state index < -0.39 is 17.4 Å². The molecule has 1 unspecified atom stereocenters. The molecule has 21 heavy (non-hydrogen) atoms. The second-order valence-electron chi connectivity index (χ2n) is 5.08. The molecule has 1 aromatic rings. The Hall–Kier alpha value is -2.15. The molecule has 1 amide bonds. The van der Waals surface area contributed by atoms with Gasteiger partial charge in [-0.15, -0.1) is 0 Å². The predicted molar refractivity (Wildman–Crippen MR) is 75.4 cm³/mol. The van der Waals surface area contributed by atoms with Crippen molar-refractivity contribution in [2.45, 2.75) is 32.4 Å². The van der Waals surface area contributed by atoms with E-state index in [-0.39, 0.29) is 18.3 Å². The van der Waals surface area contributed by atoms with Gasteiger partial charge in [0.05, 0.1) is 18.3 Å². The fraction of sp³-hybridized carbons (Fsp3) is 0.500. The maximum Gasteiger partial charge on any atom is 0.331 e. The number of carbonyl (C=O) groups is 2. The number of ether oxygens (including phenoxy) is 2. The van der Waals surface area contributed by atoms with E-state index in [0.717, 1.165) is 0 Å². The largest absolute Gasteiger partial charge is 0.479 e. The first kappa shape index (κ1) is 16.9. The van der Waals surface area contributed by atoms with Crippen molar-refractivity contribution in [1.29, 1.82) is 0 Å². The number of methoxy groups -OCH3 is 1. The van der Waals surface area contributed by atoms with Crippen molar-refractivity contribution >= 4 is 11.9 Å². The molecule has 7 heteroatoms. The quantitative estimate of drug-likeness (QED) is 0.781. The zero-order chi connectivity index (χ0) is 16.0. The van der Waals surface area contributed by atoms with E-state index in [1.54, 1.807) is 6.07 Å². The summed E-state index contributed by atoms with van der Waals surface area (Å²) in [4.78, 5) is 27.3. The minimum absolute atomic E-state index is 0.0193. The standard InChI is InChI=1S/C14H20N2O5/c1-9(2)21-11-6-5-10(7-15-11)12(17)16-14(3,8-20-4)13(18)19/h5-7,9H,8H2,1-4H3,(H,16,17)(H,18,19). The molecule has 1 rings (SSSR count). The van der Waals surface area contributed by atoms with Crippen LogP contribution in [0, 0.1) is 0 Å². The van der Waals surface area contributed by atoms with Crippen LogP contribution >= 0.6 is 0 Å². The third-order valence-electron chi connectivity index (χ3n) is 2.65. The molecule has 1 atom stereocenters. The van der Waals surface area contributed by atoms with Crippen LogP contribution in [0.25, 0.3) is 0 Å². The summed E-state index contributed by atoms with van der Waals surface area (Å²) in [6, 6.07) is 3.08. The van der Waals surface area contributed by atoms with Crippen LogP contribution in [0.15, 0.2) is 18.3 Å². The third kappa shape index (κ3) is 4.71. The number of carboxylic acid groups (broad SMARTS) is 1. The molecule has 116 valence electrons. The lowest BCUT2D eigenvalue weighted by atomic mass is 10.0. The molecule has 1 heterocycles. The SMILES string of the molecule is COCC(C)(NC(=O)c1ccc(OC(C)C)nc1)C(=O)O. The number of hydrogen-bond acceptors (Lipinski definition) is 5. The predicted octanol–water partition coefficient (Wildman–Crippen LogP) is 1.09. The molecular weight excluding hydrogens is 276 g/mol. The number of aliphatic carboxylic acids is 1. The minimum atomic E-state index is -1.50. The number of hydrogen-bond donors (Lipinski definition) is 2. The van der Waals surface area contributed by atoms with Crippen molar-refractivity contribution in [2.75, 3.05) is 13.7 Å². The van der Waals surface area contributed by atoms with Crippen LogP contribution in [-0.2, 0) is 9.53 Å². The maximum atomic E-state index is 12.1. The first-order valence-corrected chi connectivity index (χ1v) is 6.46. The molecule has 0 fully saturated rings. The van der Waals surface area contributed by atoms with Crippen LogP contribution < -0.4 is 10.1 Å². The van der Waals surface area contributed by atoms with Gasteiger partial charge in [0.2, 0.25) is 5.88 Å². The van der Waals surface area contributed by atoms with E-state index in [2.05, 4.69) is 10.3 Å². The molecule has 2 N–H and O–H groups in total. The van der Waals surface area contributed by atoms with Crippen LogP contribution in [0.4, 0.5) is 0 Å². The van der Waals surface area contributed by atoms with Gasteiger partial charge in [-0.2, -0.15) is 0 Å². The highest BCUT2D eigenvalue weighted by molar-refractivity contribution is 5.97. The van der Waals surface area contributed by atoms with Crippen molar-refractivity contribution in [3.05, 3.63) is 23.9 Å². The minimum Gasteiger partial charge on any atom is -0.479 e. The van der Waals surface area contributed by atoms with Gasteiger partial charge in [-0.3, -0.25) is 4.79 Å². The molecular formula is C14H20N2O5. The summed E-state index contributed by atoms with van der Waals surface area (Å²) in [6.07, 6.45) is 1.32. The monoisotopic (exact) mass is 296 g/mol. The number of rotatable bonds is 7. The van der Waals surface area contributed by atoms with Crippen molar-refractivity contribution < 1.29 is 24.2 Å². The van der Waals surface area contributed by atoms with Gasteiger partial charge in [0, 0.05) is 19.4 Å². The Morgan fingerprint density at radius 2 is 2.10 bits per heavy atom. The molecule has 0 aliphatic rings. The number of pyridine rings is 1. The summed E-state index contributed by atoms with van der Waals surface area (Å²) in [7, 11) is 1.37. The molecule has 0 saturated carbocycles. The smallest absolute Gasteiger partial charge is 0.331 e. The Kier molecular flexibility index (Phi) is 5.66. The van der Waals surface area contributed by atoms with E-state index in [4.69, 9.17) is 9.47 Å². The zero-order valence-corrected chi connectivity index (χ0v) is 12.5. The molecule has 7 nitrogen and oxygen atoms in total. The maximum absolute atomic E-state index is 12.1. The van der Waals surface area contributed by atoms with Gasteiger partial charge >= 0.3 is 5.97 Å². The first-order chi connectivity index (χ1) is 9.78. The molecule has 0 bridgehead atoms. The highest BCUT2D eigenvalue weighted by Crippen LogP contribution is 2.11. The fourth-order valence-electron chi connectivity index (χ4n) is 1.59. The van der Waals surface area contributed by atoms with E-state index in [1.165, 1.54) is 26.3 Å². The molecule has 1 aromatic heterocycles. The molecule has 0 aromatic carbocycles. The highest BCUT2D eigenvalue weighted by Gasteiger charge is 2.35. The second-order valence-corrected chi connectivity index (χ2v) is 5.08. The number of carbonyl (C=O) groups excluding carboxylic acids is 1. The normalized spacial score (nSPS) is 13.6. The van der Waals surface area contributed by atoms with Gasteiger partial charge in [-0.25, -0.2) is 9.78 Å². The second kappa shape index (κ2) is 7.03. The summed E-state index contributed by atoms with van der Waals surface area (Å²) < 4.78 is 10.2. The van der Waals surface area contributed by atoms with Crippen molar-refractivity contribution in [3.63, 3.8) is 0 Å². The van der Waals surface area contributed by atoms with Gasteiger partial charge in [0.1, 0.15) is 0 Å². The van der Waals surface area contributed by atoms with E-state index in [0.29, 0.717) is 5.88 Å². The van der Waals surface area contributed by atoms with Gasteiger partial charge in [-0.05, 0) is 26.8 Å². The third-order valence-corrected chi connectivity index (χ3v) is 2.65. The lowest BCUT2D eigenvalue weighted by Gasteiger charge is -2.25. The molecule has 0 aliphatic carbocycles. The number of amides is 1. The number of nitrogens with one attached hydrogen (secondary N) is 1. The molecule has 0 saturated heterocycles. The van der Waals surface area contributed by atoms with Gasteiger partial charge in [-0.1, -0.05) is 0 Å². The average molecular weight is 296 g/mol. The Labute approximate surface area is 123 Å². The van der Waals surface area contributed by atoms with E-state index in [9.17, 15) is 14.7 Å². The number of nitrogens with zero attached hydrogens (tertiary/aromatic N) is 1. The number of carboxylic acids is 1. The first-order valence-electron chi connectivity index (χ1n) is 6.46. The summed E-state index contributed by atoms with van der Waals surface area (Å²) in [6.45, 7) is 4.97. The van der Waals surface area contributed by atoms with Crippen molar-refractivity contribution in [2.24, 2.45) is 0 Å². The molecule has 0 aliphatic heterocycles. The average Bonchev–Trinajstić information content (AvgIpc) is 2.38. The highest BCUT2D eigenvalue weighted by atomic mass is 16.5. The summed E-state index contributed by atoms with van der Waals surface area (Å²) >= 11 is 0. The topological polar surface area (TPSA) is 97.8 Å². The van der Waals surface area contributed by atoms with Crippen LogP contribution in [0.2, 0.25) is 0 Å². The number of aromatic nitrogens is 1. The summed E-state index contributed by atoms with van der Waals surface area (Å²) in [5.41, 5.74) is -1.26. The van der Waals surface area contributed by atoms with Crippen LogP contribution in [0.5, 0.6) is 5.88 Å². The Morgan fingerprint density at radius 3 is 2.52 bits per heavy atom. The van der Waals surface area contributed by atoms with Gasteiger partial charge in [0.15, 0.2) is 5.54 Å². The van der Waals surface area contributed by atoms with Gasteiger partial charge in [0.25, 0.3) is 5.91 Å². The lowest BCUT2D eigenvalue weighted by Crippen LogP contribution is -2.55. The lowest BCUT2D eigenvalue weighted by molar-refractivity contribution is -0.145. The van der Waals surface area contributed by atoms with E-state index >= 15 is 0 Å². The molecule has 0 spiro atoms. The summed E-state index contributed by atoms with van der Waals surface area (Å²) in [5, 5.41) is 11.6. The van der Waals surface area contributed by atoms with E-state index in [1.807, 2.05) is 13.8 Å². The Bertz CT molecular complexity index is 501. The molecule has 0 radical (unpaired) electrons. The Morgan fingerprint density at radius 1 is 1.43 bits per heavy atom. The Balaban J connectivity index is 2.81. The van der Waals surface area contributed by atoms with Gasteiger partial charge < -0.3 is 19.9 Å². The van der Waals surface area contributed by atoms with Crippen molar-refractivity contribution in [3.8, 4) is 5.88 Å². The van der Waals surface area contributed by atoms with Crippen LogP contribution in [-0.4, -0.2) is 47.3 Å². The summed E-state index contributed by atoms with van der Waals surface area (Å²) in [5.74, 6) is -1.31. The van der Waals surface area contributed by atoms with Crippen LogP contribution in [0.1, 0.15) is 31.1 Å². The fourth-order valence-corrected chi connectivity index (χ4v) is 1.59. The zero-order valence-electron chi connectivity index (χ0n) is 12.5. The van der Waals surface area contributed by atoms with Crippen molar-refractivity contribution in [1.82, 2.24) is 10.3 Å². The van der Waals surface area contributed by atoms with Crippen LogP contribution in [0.3, 0.4) is 0 Å².